The molecule has 26 heavy (non-hydrogen) atoms. The van der Waals surface area contributed by atoms with Crippen molar-refractivity contribution in [3.63, 3.8) is 0 Å². The monoisotopic (exact) mass is 370 g/mol. The second-order valence-corrected chi connectivity index (χ2v) is 6.80. The van der Waals surface area contributed by atoms with Gasteiger partial charge in [-0.05, 0) is 39.7 Å². The lowest BCUT2D eigenvalue weighted by Gasteiger charge is -2.19. The van der Waals surface area contributed by atoms with Crippen molar-refractivity contribution in [1.82, 2.24) is 0 Å². The topological polar surface area (TPSA) is 85.2 Å². The fourth-order valence-electron chi connectivity index (χ4n) is 2.42. The predicted molar refractivity (Wildman–Crippen MR) is 101 cm³/mol. The Morgan fingerprint density at radius 2 is 1.73 bits per heavy atom. The maximum absolute atomic E-state index is 11.0. The molecular weight excluding hydrogens is 336 g/mol. The van der Waals surface area contributed by atoms with Gasteiger partial charge in [-0.2, -0.15) is 0 Å². The lowest BCUT2D eigenvalue weighted by molar-refractivity contribution is -0.303. The van der Waals surface area contributed by atoms with E-state index in [1.165, 1.54) is 7.11 Å². The SMILES string of the molecule is CCCC(C)(C)C(=O)OC.CCCOOCc1cc(C)cc(CO)c1O. The minimum absolute atomic E-state index is 0.0770. The number of ether oxygens (including phenoxy) is 1. The summed E-state index contributed by atoms with van der Waals surface area (Å²) >= 11 is 0. The number of benzene rings is 1. The quantitative estimate of drug-likeness (QED) is 0.295. The van der Waals surface area contributed by atoms with Gasteiger partial charge in [-0.3, -0.25) is 4.79 Å². The Morgan fingerprint density at radius 3 is 2.23 bits per heavy atom. The smallest absolute Gasteiger partial charge is 0.311 e. The van der Waals surface area contributed by atoms with Gasteiger partial charge in [0.1, 0.15) is 12.4 Å². The summed E-state index contributed by atoms with van der Waals surface area (Å²) in [4.78, 5) is 20.8. The first-order valence-corrected chi connectivity index (χ1v) is 8.98. The molecule has 6 nitrogen and oxygen atoms in total. The first-order chi connectivity index (χ1) is 12.2. The van der Waals surface area contributed by atoms with Crippen LogP contribution in [0.3, 0.4) is 0 Å². The van der Waals surface area contributed by atoms with Crippen LogP contribution in [0.1, 0.15) is 63.6 Å². The summed E-state index contributed by atoms with van der Waals surface area (Å²) in [5, 5.41) is 18.8. The molecule has 0 atom stereocenters. The van der Waals surface area contributed by atoms with E-state index in [4.69, 9.17) is 14.9 Å². The third kappa shape index (κ3) is 8.65. The van der Waals surface area contributed by atoms with Gasteiger partial charge in [0.25, 0.3) is 0 Å². The molecule has 0 bridgehead atoms. The summed E-state index contributed by atoms with van der Waals surface area (Å²) in [5.41, 5.74) is 1.80. The summed E-state index contributed by atoms with van der Waals surface area (Å²) < 4.78 is 4.63. The van der Waals surface area contributed by atoms with Crippen LogP contribution < -0.4 is 0 Å². The van der Waals surface area contributed by atoms with Crippen molar-refractivity contribution >= 4 is 5.97 Å². The third-order valence-corrected chi connectivity index (χ3v) is 3.78. The van der Waals surface area contributed by atoms with Crippen molar-refractivity contribution in [1.29, 1.82) is 0 Å². The zero-order chi connectivity index (χ0) is 20.2. The molecule has 0 spiro atoms. The van der Waals surface area contributed by atoms with E-state index in [2.05, 4.69) is 11.7 Å². The summed E-state index contributed by atoms with van der Waals surface area (Å²) in [6, 6.07) is 3.55. The van der Waals surface area contributed by atoms with Crippen LogP contribution in [0.25, 0.3) is 0 Å². The minimum Gasteiger partial charge on any atom is -0.507 e. The van der Waals surface area contributed by atoms with Crippen molar-refractivity contribution in [2.24, 2.45) is 5.41 Å². The molecule has 1 aromatic carbocycles. The van der Waals surface area contributed by atoms with E-state index in [1.807, 2.05) is 33.8 Å². The van der Waals surface area contributed by atoms with Crippen molar-refractivity contribution < 1.29 is 29.5 Å². The maximum atomic E-state index is 11.0. The molecule has 1 rings (SSSR count). The average molecular weight is 370 g/mol. The number of aryl methyl sites for hydroxylation is 1. The van der Waals surface area contributed by atoms with Crippen LogP contribution in [0.5, 0.6) is 5.75 Å². The number of aliphatic hydroxyl groups excluding tert-OH is 1. The fourth-order valence-corrected chi connectivity index (χ4v) is 2.42. The average Bonchev–Trinajstić information content (AvgIpc) is 2.60. The van der Waals surface area contributed by atoms with E-state index in [-0.39, 0.29) is 30.3 Å². The Labute approximate surface area is 157 Å². The lowest BCUT2D eigenvalue weighted by atomic mass is 9.88. The Morgan fingerprint density at radius 1 is 1.12 bits per heavy atom. The molecule has 6 heteroatoms. The highest BCUT2D eigenvalue weighted by Gasteiger charge is 2.26. The normalized spacial score (nSPS) is 10.9. The van der Waals surface area contributed by atoms with Gasteiger partial charge in [-0.25, -0.2) is 9.78 Å². The molecule has 0 heterocycles. The van der Waals surface area contributed by atoms with Crippen molar-refractivity contribution in [3.05, 3.63) is 28.8 Å². The molecule has 0 fully saturated rings. The number of hydrogen-bond acceptors (Lipinski definition) is 6. The van der Waals surface area contributed by atoms with Crippen LogP contribution in [0.2, 0.25) is 0 Å². The number of esters is 1. The van der Waals surface area contributed by atoms with E-state index in [9.17, 15) is 9.90 Å². The number of rotatable bonds is 9. The highest BCUT2D eigenvalue weighted by Crippen LogP contribution is 2.25. The van der Waals surface area contributed by atoms with Crippen LogP contribution in [-0.4, -0.2) is 29.9 Å². The Kier molecular flexibility index (Phi) is 11.9. The molecule has 0 aliphatic carbocycles. The van der Waals surface area contributed by atoms with Gasteiger partial charge in [0.2, 0.25) is 0 Å². The highest BCUT2D eigenvalue weighted by molar-refractivity contribution is 5.75. The number of phenols is 1. The zero-order valence-electron chi connectivity index (χ0n) is 16.9. The molecule has 0 aromatic heterocycles. The fraction of sp³-hybridized carbons (Fsp3) is 0.650. The van der Waals surface area contributed by atoms with E-state index in [0.717, 1.165) is 24.8 Å². The van der Waals surface area contributed by atoms with Gasteiger partial charge in [0.05, 0.1) is 25.7 Å². The molecule has 0 saturated carbocycles. The molecule has 1 aromatic rings. The number of carbonyl (C=O) groups excluding carboxylic acids is 1. The third-order valence-electron chi connectivity index (χ3n) is 3.78. The standard InChI is InChI=1S/C12H18O4.C8H16O2/c1-3-4-15-16-8-11-6-9(2)5-10(7-13)12(11)14;1-5-6-8(2,3)7(9)10-4/h5-6,13-14H,3-4,7-8H2,1-2H3;5-6H2,1-4H3. The maximum Gasteiger partial charge on any atom is 0.311 e. The number of aromatic hydroxyl groups is 1. The van der Waals surface area contributed by atoms with E-state index >= 15 is 0 Å². The second kappa shape index (κ2) is 12.7. The van der Waals surface area contributed by atoms with Gasteiger partial charge in [-0.15, -0.1) is 0 Å². The zero-order valence-corrected chi connectivity index (χ0v) is 16.9. The molecule has 0 radical (unpaired) electrons. The van der Waals surface area contributed by atoms with Crippen LogP contribution >= 0.6 is 0 Å². The number of methoxy groups -OCH3 is 1. The van der Waals surface area contributed by atoms with E-state index in [1.54, 1.807) is 6.07 Å². The second-order valence-electron chi connectivity index (χ2n) is 6.80. The lowest BCUT2D eigenvalue weighted by Crippen LogP contribution is -2.25. The molecule has 150 valence electrons. The number of aliphatic hydroxyl groups is 1. The largest absolute Gasteiger partial charge is 0.507 e. The van der Waals surface area contributed by atoms with Gasteiger partial charge < -0.3 is 14.9 Å². The Bertz CT molecular complexity index is 539. The Hall–Kier alpha value is -1.63. The number of carbonyl (C=O) groups is 1. The predicted octanol–water partition coefficient (Wildman–Crippen LogP) is 4.04. The summed E-state index contributed by atoms with van der Waals surface area (Å²) in [6.07, 6.45) is 2.78. The van der Waals surface area contributed by atoms with Crippen LogP contribution in [0, 0.1) is 12.3 Å². The molecule has 2 N–H and O–H groups in total. The van der Waals surface area contributed by atoms with E-state index in [0.29, 0.717) is 17.7 Å². The summed E-state index contributed by atoms with van der Waals surface area (Å²) in [6.45, 7) is 10.3. The highest BCUT2D eigenvalue weighted by atomic mass is 17.2. The van der Waals surface area contributed by atoms with Crippen LogP contribution in [-0.2, 0) is 32.5 Å². The minimum atomic E-state index is -0.302. The van der Waals surface area contributed by atoms with Gasteiger partial charge >= 0.3 is 5.97 Å². The van der Waals surface area contributed by atoms with Crippen LogP contribution in [0.15, 0.2) is 12.1 Å². The van der Waals surface area contributed by atoms with Crippen molar-refractivity contribution in [2.45, 2.75) is 67.1 Å². The van der Waals surface area contributed by atoms with Crippen molar-refractivity contribution in [2.75, 3.05) is 13.7 Å². The Balaban J connectivity index is 0.000000541. The molecular formula is C20H34O6. The van der Waals surface area contributed by atoms with Crippen molar-refractivity contribution in [3.8, 4) is 5.75 Å². The molecule has 0 saturated heterocycles. The molecule has 0 unspecified atom stereocenters. The summed E-state index contributed by atoms with van der Waals surface area (Å²) in [5.74, 6) is -0.0393. The van der Waals surface area contributed by atoms with Gasteiger partial charge in [0, 0.05) is 11.1 Å². The first kappa shape index (κ1) is 24.4. The molecule has 0 aliphatic rings. The van der Waals surface area contributed by atoms with Crippen LogP contribution in [0.4, 0.5) is 0 Å². The first-order valence-electron chi connectivity index (χ1n) is 8.98. The summed E-state index contributed by atoms with van der Waals surface area (Å²) in [7, 11) is 1.43. The number of hydrogen-bond donors (Lipinski definition) is 2. The molecule has 0 aliphatic heterocycles. The van der Waals surface area contributed by atoms with E-state index < -0.39 is 0 Å². The van der Waals surface area contributed by atoms with Gasteiger partial charge in [0.15, 0.2) is 0 Å². The van der Waals surface area contributed by atoms with Gasteiger partial charge in [-0.1, -0.05) is 31.9 Å². The molecule has 0 amide bonds.